The fourth-order valence-corrected chi connectivity index (χ4v) is 2.80. The lowest BCUT2D eigenvalue weighted by atomic mass is 10.0. The second-order valence-corrected chi connectivity index (χ2v) is 5.82. The molecule has 0 aliphatic carbocycles. The minimum Gasteiger partial charge on any atom is -0.482 e. The maximum absolute atomic E-state index is 12.7. The molecule has 0 spiro atoms. The minimum atomic E-state index is -0.788. The van der Waals surface area contributed by atoms with E-state index in [0.29, 0.717) is 33.8 Å². The van der Waals surface area contributed by atoms with Crippen molar-refractivity contribution in [2.45, 2.75) is 33.8 Å². The standard InChI is InChI=1S/C19H21NO5/c1-10-16(12(3)21)11(2)20-17(10)18(22)13(4)25-15-8-6-7-14(9-15)19(23)24-5/h6-9,13,20H,1-5H3/t13-/m1/s1. The maximum atomic E-state index is 12.7. The lowest BCUT2D eigenvalue weighted by Gasteiger charge is -2.14. The molecule has 25 heavy (non-hydrogen) atoms. The van der Waals surface area contributed by atoms with Crippen LogP contribution in [0.3, 0.4) is 0 Å². The second-order valence-electron chi connectivity index (χ2n) is 5.82. The first-order chi connectivity index (χ1) is 11.8. The molecule has 1 N–H and O–H groups in total. The number of carbonyl (C=O) groups is 3. The summed E-state index contributed by atoms with van der Waals surface area (Å²) in [4.78, 5) is 38.9. The normalized spacial score (nSPS) is 11.7. The van der Waals surface area contributed by atoms with Crippen molar-refractivity contribution in [3.8, 4) is 5.75 Å². The van der Waals surface area contributed by atoms with Crippen LogP contribution in [0.15, 0.2) is 24.3 Å². The van der Waals surface area contributed by atoms with E-state index in [-0.39, 0.29) is 11.6 Å². The van der Waals surface area contributed by atoms with E-state index in [4.69, 9.17) is 4.74 Å². The van der Waals surface area contributed by atoms with Gasteiger partial charge >= 0.3 is 5.97 Å². The predicted octanol–water partition coefficient (Wildman–Crippen LogP) is 3.27. The molecule has 1 heterocycles. The summed E-state index contributed by atoms with van der Waals surface area (Å²) in [5.74, 6) is -0.455. The number of H-pyrrole nitrogens is 1. The van der Waals surface area contributed by atoms with Gasteiger partial charge in [0.1, 0.15) is 5.75 Å². The van der Waals surface area contributed by atoms with Gasteiger partial charge in [0.2, 0.25) is 5.78 Å². The number of aromatic nitrogens is 1. The van der Waals surface area contributed by atoms with Crippen molar-refractivity contribution < 1.29 is 23.9 Å². The quantitative estimate of drug-likeness (QED) is 0.643. The van der Waals surface area contributed by atoms with E-state index in [1.54, 1.807) is 39.0 Å². The van der Waals surface area contributed by atoms with Gasteiger partial charge in [0.05, 0.1) is 18.4 Å². The van der Waals surface area contributed by atoms with Gasteiger partial charge in [0.15, 0.2) is 11.9 Å². The Morgan fingerprint density at radius 2 is 1.84 bits per heavy atom. The molecule has 1 atom stereocenters. The molecule has 0 fully saturated rings. The van der Waals surface area contributed by atoms with Crippen LogP contribution in [0.5, 0.6) is 5.75 Å². The number of methoxy groups -OCH3 is 1. The summed E-state index contributed by atoms with van der Waals surface area (Å²) in [6.07, 6.45) is -0.788. The molecule has 0 aliphatic rings. The highest BCUT2D eigenvalue weighted by Crippen LogP contribution is 2.22. The Morgan fingerprint density at radius 1 is 1.16 bits per heavy atom. The van der Waals surface area contributed by atoms with Crippen molar-refractivity contribution in [2.24, 2.45) is 0 Å². The monoisotopic (exact) mass is 343 g/mol. The molecule has 0 bridgehead atoms. The van der Waals surface area contributed by atoms with Crippen molar-refractivity contribution in [1.29, 1.82) is 0 Å². The third-order valence-electron chi connectivity index (χ3n) is 3.97. The van der Waals surface area contributed by atoms with Gasteiger partial charge in [0, 0.05) is 11.3 Å². The van der Waals surface area contributed by atoms with Crippen LogP contribution >= 0.6 is 0 Å². The lowest BCUT2D eigenvalue weighted by Crippen LogP contribution is -2.25. The molecule has 0 amide bonds. The molecular formula is C19H21NO5. The van der Waals surface area contributed by atoms with Gasteiger partial charge in [-0.3, -0.25) is 9.59 Å². The van der Waals surface area contributed by atoms with E-state index in [1.165, 1.54) is 20.1 Å². The van der Waals surface area contributed by atoms with E-state index in [9.17, 15) is 14.4 Å². The summed E-state index contributed by atoms with van der Waals surface area (Å²) in [6.45, 7) is 6.58. The fraction of sp³-hybridized carbons (Fsp3) is 0.316. The van der Waals surface area contributed by atoms with Crippen molar-refractivity contribution in [3.63, 3.8) is 0 Å². The third-order valence-corrected chi connectivity index (χ3v) is 3.97. The zero-order valence-electron chi connectivity index (χ0n) is 14.9. The van der Waals surface area contributed by atoms with Crippen molar-refractivity contribution in [3.05, 3.63) is 52.3 Å². The largest absolute Gasteiger partial charge is 0.482 e. The molecule has 0 aliphatic heterocycles. The van der Waals surface area contributed by atoms with E-state index in [1.807, 2.05) is 0 Å². The first-order valence-corrected chi connectivity index (χ1v) is 7.85. The Labute approximate surface area is 146 Å². The van der Waals surface area contributed by atoms with Crippen molar-refractivity contribution in [2.75, 3.05) is 7.11 Å². The zero-order chi connectivity index (χ0) is 18.7. The van der Waals surface area contributed by atoms with Crippen LogP contribution in [0, 0.1) is 13.8 Å². The van der Waals surface area contributed by atoms with E-state index >= 15 is 0 Å². The number of benzene rings is 1. The molecule has 0 radical (unpaired) electrons. The van der Waals surface area contributed by atoms with E-state index in [2.05, 4.69) is 9.72 Å². The molecule has 0 unspecified atom stereocenters. The average molecular weight is 343 g/mol. The number of nitrogens with one attached hydrogen (secondary N) is 1. The van der Waals surface area contributed by atoms with Crippen LogP contribution in [-0.2, 0) is 4.74 Å². The Hall–Kier alpha value is -2.89. The summed E-state index contributed by atoms with van der Waals surface area (Å²) in [5.41, 5.74) is 2.51. The predicted molar refractivity (Wildman–Crippen MR) is 92.5 cm³/mol. The molecule has 2 aromatic rings. The van der Waals surface area contributed by atoms with Crippen LogP contribution in [0.1, 0.15) is 56.3 Å². The zero-order valence-corrected chi connectivity index (χ0v) is 14.9. The number of rotatable bonds is 6. The van der Waals surface area contributed by atoms with Gasteiger partial charge < -0.3 is 14.5 Å². The number of carbonyl (C=O) groups excluding carboxylic acids is 3. The second kappa shape index (κ2) is 7.34. The molecule has 1 aromatic heterocycles. The maximum Gasteiger partial charge on any atom is 0.337 e. The number of ether oxygens (including phenoxy) is 2. The highest BCUT2D eigenvalue weighted by molar-refractivity contribution is 6.04. The number of esters is 1. The highest BCUT2D eigenvalue weighted by Gasteiger charge is 2.25. The first-order valence-electron chi connectivity index (χ1n) is 7.85. The highest BCUT2D eigenvalue weighted by atomic mass is 16.5. The summed E-state index contributed by atoms with van der Waals surface area (Å²) in [6, 6.07) is 6.42. The molecule has 6 nitrogen and oxygen atoms in total. The van der Waals surface area contributed by atoms with Crippen LogP contribution in [0.2, 0.25) is 0 Å². The Balaban J connectivity index is 2.23. The summed E-state index contributed by atoms with van der Waals surface area (Å²) in [7, 11) is 1.30. The van der Waals surface area contributed by atoms with Crippen LogP contribution in [0.4, 0.5) is 0 Å². The topological polar surface area (TPSA) is 85.5 Å². The van der Waals surface area contributed by atoms with Crippen molar-refractivity contribution in [1.82, 2.24) is 4.98 Å². The lowest BCUT2D eigenvalue weighted by molar-refractivity contribution is 0.0600. The molecule has 0 saturated heterocycles. The van der Waals surface area contributed by atoms with Crippen LogP contribution in [-0.4, -0.2) is 35.7 Å². The number of aromatic amines is 1. The molecule has 2 rings (SSSR count). The third kappa shape index (κ3) is 3.79. The number of hydrogen-bond donors (Lipinski definition) is 1. The Kier molecular flexibility index (Phi) is 5.41. The summed E-state index contributed by atoms with van der Waals surface area (Å²) in [5, 5.41) is 0. The number of ketones is 2. The smallest absolute Gasteiger partial charge is 0.337 e. The van der Waals surface area contributed by atoms with E-state index in [0.717, 1.165) is 0 Å². The van der Waals surface area contributed by atoms with Gasteiger partial charge in [-0.2, -0.15) is 0 Å². The molecule has 1 aromatic carbocycles. The van der Waals surface area contributed by atoms with Crippen LogP contribution in [0.25, 0.3) is 0 Å². The molecule has 0 saturated carbocycles. The van der Waals surface area contributed by atoms with Gasteiger partial charge in [-0.15, -0.1) is 0 Å². The number of Topliss-reactive ketones (excluding diaryl/α,β-unsaturated/α-hetero) is 2. The SMILES string of the molecule is COC(=O)c1cccc(O[C@H](C)C(=O)c2[nH]c(C)c(C(C)=O)c2C)c1. The average Bonchev–Trinajstić information content (AvgIpc) is 2.88. The van der Waals surface area contributed by atoms with Gasteiger partial charge in [-0.1, -0.05) is 6.07 Å². The van der Waals surface area contributed by atoms with Crippen molar-refractivity contribution >= 4 is 17.5 Å². The first kappa shape index (κ1) is 18.4. The number of hydrogen-bond acceptors (Lipinski definition) is 5. The van der Waals surface area contributed by atoms with Gasteiger partial charge in [0.25, 0.3) is 0 Å². The van der Waals surface area contributed by atoms with E-state index < -0.39 is 12.1 Å². The summed E-state index contributed by atoms with van der Waals surface area (Å²) >= 11 is 0. The fourth-order valence-electron chi connectivity index (χ4n) is 2.80. The molecule has 6 heteroatoms. The van der Waals surface area contributed by atoms with Gasteiger partial charge in [-0.25, -0.2) is 4.79 Å². The van der Waals surface area contributed by atoms with Gasteiger partial charge in [-0.05, 0) is 51.5 Å². The molecular weight excluding hydrogens is 322 g/mol. The Morgan fingerprint density at radius 3 is 2.40 bits per heavy atom. The van der Waals surface area contributed by atoms with Crippen LogP contribution < -0.4 is 4.74 Å². The number of aryl methyl sites for hydroxylation is 1. The molecule has 132 valence electrons. The minimum absolute atomic E-state index is 0.0929. The Bertz CT molecular complexity index is 834. The summed E-state index contributed by atoms with van der Waals surface area (Å²) < 4.78 is 10.3.